The summed E-state index contributed by atoms with van der Waals surface area (Å²) in [5, 5.41) is 11.8. The number of hydrogen-bond donors (Lipinski definition) is 1. The van der Waals surface area contributed by atoms with Crippen molar-refractivity contribution in [1.29, 1.82) is 5.26 Å². The summed E-state index contributed by atoms with van der Waals surface area (Å²) in [4.78, 5) is 24.6. The highest BCUT2D eigenvalue weighted by molar-refractivity contribution is 6.13. The lowest BCUT2D eigenvalue weighted by Gasteiger charge is -2.14. The summed E-state index contributed by atoms with van der Waals surface area (Å²) < 4.78 is 10.3. The SMILES string of the molecule is COc1ccc(NC(=O)[C@@H](C#N)C(=O)C=C2CCCCC2)cc1OC. The molecule has 0 heterocycles. The Morgan fingerprint density at radius 1 is 1.16 bits per heavy atom. The number of methoxy groups -OCH3 is 2. The van der Waals surface area contributed by atoms with Crippen molar-refractivity contribution >= 4 is 17.4 Å². The molecule has 2 rings (SSSR count). The Balaban J connectivity index is 2.09. The fraction of sp³-hybridized carbons (Fsp3) is 0.421. The van der Waals surface area contributed by atoms with Gasteiger partial charge in [-0.1, -0.05) is 12.0 Å². The first kappa shape index (κ1) is 18.5. The van der Waals surface area contributed by atoms with Crippen LogP contribution in [-0.2, 0) is 9.59 Å². The summed E-state index contributed by atoms with van der Waals surface area (Å²) in [6.45, 7) is 0. The molecule has 132 valence electrons. The van der Waals surface area contributed by atoms with Crippen LogP contribution < -0.4 is 14.8 Å². The van der Waals surface area contributed by atoms with Crippen molar-refractivity contribution in [1.82, 2.24) is 0 Å². The smallest absolute Gasteiger partial charge is 0.249 e. The number of carbonyl (C=O) groups excluding carboxylic acids is 2. The molecule has 0 saturated heterocycles. The Hall–Kier alpha value is -2.81. The van der Waals surface area contributed by atoms with Gasteiger partial charge in [0, 0.05) is 11.8 Å². The summed E-state index contributed by atoms with van der Waals surface area (Å²) in [7, 11) is 3.00. The largest absolute Gasteiger partial charge is 0.493 e. The third kappa shape index (κ3) is 4.83. The quantitative estimate of drug-likeness (QED) is 0.633. The normalized spacial score (nSPS) is 14.8. The van der Waals surface area contributed by atoms with E-state index < -0.39 is 17.6 Å². The molecule has 1 aromatic rings. The van der Waals surface area contributed by atoms with E-state index in [1.54, 1.807) is 24.3 Å². The predicted molar refractivity (Wildman–Crippen MR) is 93.5 cm³/mol. The number of nitrogens with one attached hydrogen (secondary N) is 1. The predicted octanol–water partition coefficient (Wildman–Crippen LogP) is 3.24. The van der Waals surface area contributed by atoms with E-state index in [2.05, 4.69) is 5.32 Å². The van der Waals surface area contributed by atoms with E-state index in [0.717, 1.165) is 37.7 Å². The van der Waals surface area contributed by atoms with Crippen molar-refractivity contribution in [3.8, 4) is 17.6 Å². The third-order valence-corrected chi connectivity index (χ3v) is 4.17. The molecular weight excluding hydrogens is 320 g/mol. The number of benzene rings is 1. The number of rotatable bonds is 6. The van der Waals surface area contributed by atoms with E-state index in [0.29, 0.717) is 17.2 Å². The number of allylic oxidation sites excluding steroid dienone is 2. The number of nitriles is 1. The molecule has 0 unspecified atom stereocenters. The lowest BCUT2D eigenvalue weighted by molar-refractivity contribution is -0.126. The molecule has 1 N–H and O–H groups in total. The van der Waals surface area contributed by atoms with Gasteiger partial charge >= 0.3 is 0 Å². The van der Waals surface area contributed by atoms with Crippen LogP contribution in [0.15, 0.2) is 29.8 Å². The van der Waals surface area contributed by atoms with Gasteiger partial charge in [-0.05, 0) is 43.9 Å². The molecule has 0 aromatic heterocycles. The van der Waals surface area contributed by atoms with E-state index >= 15 is 0 Å². The Morgan fingerprint density at radius 3 is 2.44 bits per heavy atom. The van der Waals surface area contributed by atoms with Gasteiger partial charge in [0.15, 0.2) is 23.2 Å². The monoisotopic (exact) mass is 342 g/mol. The average molecular weight is 342 g/mol. The van der Waals surface area contributed by atoms with Gasteiger partial charge in [0.1, 0.15) is 0 Å². The van der Waals surface area contributed by atoms with E-state index in [1.165, 1.54) is 20.3 Å². The highest BCUT2D eigenvalue weighted by Crippen LogP contribution is 2.30. The first-order valence-corrected chi connectivity index (χ1v) is 8.25. The zero-order valence-corrected chi connectivity index (χ0v) is 14.5. The second-order valence-electron chi connectivity index (χ2n) is 5.89. The maximum Gasteiger partial charge on any atom is 0.249 e. The molecular formula is C19H22N2O4. The first-order chi connectivity index (χ1) is 12.1. The molecule has 6 nitrogen and oxygen atoms in total. The van der Waals surface area contributed by atoms with Crippen molar-refractivity contribution in [3.05, 3.63) is 29.8 Å². The number of amides is 1. The number of ether oxygens (including phenoxy) is 2. The van der Waals surface area contributed by atoms with Gasteiger partial charge in [-0.2, -0.15) is 5.26 Å². The summed E-state index contributed by atoms with van der Waals surface area (Å²) in [5.41, 5.74) is 1.46. The highest BCUT2D eigenvalue weighted by Gasteiger charge is 2.25. The summed E-state index contributed by atoms with van der Waals surface area (Å²) in [6.07, 6.45) is 6.46. The minimum atomic E-state index is -1.36. The van der Waals surface area contributed by atoms with Crippen LogP contribution in [0, 0.1) is 17.2 Å². The fourth-order valence-electron chi connectivity index (χ4n) is 2.81. The third-order valence-electron chi connectivity index (χ3n) is 4.17. The van der Waals surface area contributed by atoms with E-state index in [4.69, 9.17) is 9.47 Å². The van der Waals surface area contributed by atoms with Crippen molar-refractivity contribution in [2.24, 2.45) is 5.92 Å². The van der Waals surface area contributed by atoms with Gasteiger partial charge < -0.3 is 14.8 Å². The van der Waals surface area contributed by atoms with Crippen LogP contribution in [0.2, 0.25) is 0 Å². The molecule has 6 heteroatoms. The Kier molecular flexibility index (Phi) is 6.58. The van der Waals surface area contributed by atoms with Crippen LogP contribution in [0.1, 0.15) is 32.1 Å². The van der Waals surface area contributed by atoms with Crippen LogP contribution in [0.5, 0.6) is 11.5 Å². The molecule has 1 saturated carbocycles. The summed E-state index contributed by atoms with van der Waals surface area (Å²) in [6, 6.07) is 6.64. The lowest BCUT2D eigenvalue weighted by atomic mass is 9.92. The topological polar surface area (TPSA) is 88.4 Å². The van der Waals surface area contributed by atoms with Gasteiger partial charge in [0.05, 0.1) is 20.3 Å². The number of carbonyl (C=O) groups is 2. The minimum Gasteiger partial charge on any atom is -0.493 e. The van der Waals surface area contributed by atoms with E-state index in [-0.39, 0.29) is 0 Å². The van der Waals surface area contributed by atoms with Crippen molar-refractivity contribution < 1.29 is 19.1 Å². The molecule has 0 spiro atoms. The zero-order chi connectivity index (χ0) is 18.2. The summed E-state index contributed by atoms with van der Waals surface area (Å²) >= 11 is 0. The first-order valence-electron chi connectivity index (χ1n) is 8.25. The van der Waals surface area contributed by atoms with Crippen molar-refractivity contribution in [3.63, 3.8) is 0 Å². The van der Waals surface area contributed by atoms with Gasteiger partial charge in [-0.3, -0.25) is 9.59 Å². The van der Waals surface area contributed by atoms with Crippen LogP contribution >= 0.6 is 0 Å². The molecule has 1 aliphatic carbocycles. The van der Waals surface area contributed by atoms with Crippen molar-refractivity contribution in [2.45, 2.75) is 32.1 Å². The molecule has 1 aliphatic rings. The van der Waals surface area contributed by atoms with Crippen molar-refractivity contribution in [2.75, 3.05) is 19.5 Å². The molecule has 0 aliphatic heterocycles. The molecule has 1 amide bonds. The van der Waals surface area contributed by atoms with Crippen LogP contribution in [0.4, 0.5) is 5.69 Å². The van der Waals surface area contributed by atoms with Crippen LogP contribution in [0.3, 0.4) is 0 Å². The second kappa shape index (κ2) is 8.88. The molecule has 1 aromatic carbocycles. The number of ketones is 1. The lowest BCUT2D eigenvalue weighted by Crippen LogP contribution is -2.27. The maximum atomic E-state index is 12.3. The Morgan fingerprint density at radius 2 is 1.84 bits per heavy atom. The number of anilines is 1. The van der Waals surface area contributed by atoms with Crippen LogP contribution in [-0.4, -0.2) is 25.9 Å². The zero-order valence-electron chi connectivity index (χ0n) is 14.5. The van der Waals surface area contributed by atoms with Gasteiger partial charge in [-0.15, -0.1) is 0 Å². The standard InChI is InChI=1S/C19H22N2O4/c1-24-17-9-8-14(11-18(17)25-2)21-19(23)15(12-20)16(22)10-13-6-4-3-5-7-13/h8-11,15H,3-7H2,1-2H3,(H,21,23)/t15-/m0/s1. The number of nitrogens with zero attached hydrogens (tertiary/aromatic N) is 1. The van der Waals surface area contributed by atoms with Gasteiger partial charge in [-0.25, -0.2) is 0 Å². The molecule has 1 atom stereocenters. The van der Waals surface area contributed by atoms with Gasteiger partial charge in [0.25, 0.3) is 0 Å². The Labute approximate surface area is 147 Å². The van der Waals surface area contributed by atoms with E-state index in [9.17, 15) is 14.9 Å². The number of hydrogen-bond acceptors (Lipinski definition) is 5. The van der Waals surface area contributed by atoms with Crippen LogP contribution in [0.25, 0.3) is 0 Å². The Bertz CT molecular complexity index is 711. The minimum absolute atomic E-state index is 0.431. The molecule has 25 heavy (non-hydrogen) atoms. The van der Waals surface area contributed by atoms with E-state index in [1.807, 2.05) is 0 Å². The summed E-state index contributed by atoms with van der Waals surface area (Å²) in [5.74, 6) is -1.49. The maximum absolute atomic E-state index is 12.3. The second-order valence-corrected chi connectivity index (χ2v) is 5.89. The molecule has 1 fully saturated rings. The fourth-order valence-corrected chi connectivity index (χ4v) is 2.81. The molecule has 0 bridgehead atoms. The molecule has 0 radical (unpaired) electrons. The highest BCUT2D eigenvalue weighted by atomic mass is 16.5. The average Bonchev–Trinajstić information content (AvgIpc) is 2.63. The van der Waals surface area contributed by atoms with Gasteiger partial charge in [0.2, 0.25) is 5.91 Å².